The van der Waals surface area contributed by atoms with Gasteiger partial charge in [0.2, 0.25) is 0 Å². The van der Waals surface area contributed by atoms with Crippen molar-refractivity contribution < 1.29 is 0 Å². The molecule has 0 aromatic heterocycles. The van der Waals surface area contributed by atoms with Gasteiger partial charge in [-0.1, -0.05) is 25.5 Å². The van der Waals surface area contributed by atoms with E-state index in [0.717, 1.165) is 0 Å². The third-order valence-corrected chi connectivity index (χ3v) is 8.70. The maximum atomic E-state index is 4.16. The van der Waals surface area contributed by atoms with Crippen molar-refractivity contribution in [2.75, 3.05) is 14.1 Å². The van der Waals surface area contributed by atoms with Crippen molar-refractivity contribution in [3.63, 3.8) is 0 Å². The van der Waals surface area contributed by atoms with E-state index in [-0.39, 0.29) is 0 Å². The Balaban J connectivity index is 4.63. The normalized spacial score (nSPS) is 16.2. The number of allylic oxidation sites excluding steroid dienone is 1. The van der Waals surface area contributed by atoms with E-state index in [4.69, 9.17) is 0 Å². The average Bonchev–Trinajstić information content (AvgIpc) is 1.98. The molecule has 0 amide bonds. The van der Waals surface area contributed by atoms with Gasteiger partial charge in [-0.25, -0.2) is 0 Å². The van der Waals surface area contributed by atoms with Crippen molar-refractivity contribution in [3.05, 3.63) is 11.8 Å². The van der Waals surface area contributed by atoms with Gasteiger partial charge in [0.05, 0.1) is 0 Å². The van der Waals surface area contributed by atoms with Crippen LogP contribution in [0.2, 0.25) is 12.1 Å². The highest BCUT2D eigenvalue weighted by Crippen LogP contribution is 2.26. The van der Waals surface area contributed by atoms with Crippen molar-refractivity contribution in [2.24, 2.45) is 0 Å². The second-order valence-electron chi connectivity index (χ2n) is 3.81. The molecule has 1 unspecified atom stereocenters. The summed E-state index contributed by atoms with van der Waals surface area (Å²) in [5, 5.41) is 1.43. The van der Waals surface area contributed by atoms with Gasteiger partial charge in [0, 0.05) is 0 Å². The van der Waals surface area contributed by atoms with E-state index >= 15 is 0 Å². The third kappa shape index (κ3) is 2.20. The standard InChI is InChI=1S/C10H23NSi/c1-7-9-12(8-2,10(3)4)11(5)6/h3,7-9H2,1-2,4-6H3. The summed E-state index contributed by atoms with van der Waals surface area (Å²) < 4.78 is 2.44. The predicted octanol–water partition coefficient (Wildman–Crippen LogP) is 3.04. The Morgan fingerprint density at radius 3 is 1.92 bits per heavy atom. The minimum absolute atomic E-state index is 1.28. The fourth-order valence-electron chi connectivity index (χ4n) is 2.03. The molecule has 0 spiro atoms. The van der Waals surface area contributed by atoms with E-state index in [1.807, 2.05) is 0 Å². The zero-order valence-electron chi connectivity index (χ0n) is 9.28. The second-order valence-corrected chi connectivity index (χ2v) is 8.83. The van der Waals surface area contributed by atoms with Crippen LogP contribution in [0.5, 0.6) is 0 Å². The first-order valence-corrected chi connectivity index (χ1v) is 7.20. The fraction of sp³-hybridized carbons (Fsp3) is 0.800. The maximum Gasteiger partial charge on any atom is 0.154 e. The minimum atomic E-state index is -1.29. The topological polar surface area (TPSA) is 3.24 Å². The molecule has 0 rings (SSSR count). The van der Waals surface area contributed by atoms with Crippen molar-refractivity contribution in [1.29, 1.82) is 0 Å². The lowest BCUT2D eigenvalue weighted by molar-refractivity contribution is 0.607. The van der Waals surface area contributed by atoms with Crippen LogP contribution in [0.1, 0.15) is 27.2 Å². The van der Waals surface area contributed by atoms with Crippen molar-refractivity contribution in [1.82, 2.24) is 4.57 Å². The van der Waals surface area contributed by atoms with E-state index < -0.39 is 8.24 Å². The maximum absolute atomic E-state index is 4.16. The van der Waals surface area contributed by atoms with Gasteiger partial charge in [-0.05, 0) is 33.1 Å². The summed E-state index contributed by atoms with van der Waals surface area (Å²) in [5.74, 6) is 0. The van der Waals surface area contributed by atoms with Gasteiger partial charge in [-0.2, -0.15) is 0 Å². The molecule has 0 bridgehead atoms. The van der Waals surface area contributed by atoms with E-state index in [0.29, 0.717) is 0 Å². The molecule has 0 heterocycles. The molecule has 0 saturated heterocycles. The molecule has 0 aliphatic carbocycles. The Bertz CT molecular complexity index is 154. The molecule has 0 N–H and O–H groups in total. The highest BCUT2D eigenvalue weighted by molar-refractivity contribution is 6.83. The van der Waals surface area contributed by atoms with Gasteiger partial charge >= 0.3 is 0 Å². The molecule has 1 atom stereocenters. The largest absolute Gasteiger partial charge is 0.326 e. The molecule has 1 nitrogen and oxygen atoms in total. The smallest absolute Gasteiger partial charge is 0.154 e. The first-order chi connectivity index (χ1) is 5.51. The van der Waals surface area contributed by atoms with Crippen LogP contribution < -0.4 is 0 Å². The first-order valence-electron chi connectivity index (χ1n) is 4.84. The molecule has 0 radical (unpaired) electrons. The van der Waals surface area contributed by atoms with E-state index in [1.165, 1.54) is 23.7 Å². The molecule has 0 aromatic carbocycles. The summed E-state index contributed by atoms with van der Waals surface area (Å²) >= 11 is 0. The Labute approximate surface area is 78.6 Å². The Hall–Kier alpha value is -0.0831. The number of rotatable bonds is 5. The first kappa shape index (κ1) is 11.9. The van der Waals surface area contributed by atoms with Crippen molar-refractivity contribution in [3.8, 4) is 0 Å². The van der Waals surface area contributed by atoms with Crippen LogP contribution in [-0.2, 0) is 0 Å². The third-order valence-electron chi connectivity index (χ3n) is 2.90. The Kier molecular flexibility index (Phi) is 4.79. The van der Waals surface area contributed by atoms with E-state index in [9.17, 15) is 0 Å². The highest BCUT2D eigenvalue weighted by Gasteiger charge is 2.33. The quantitative estimate of drug-likeness (QED) is 0.595. The van der Waals surface area contributed by atoms with Crippen LogP contribution in [0.4, 0.5) is 0 Å². The number of hydrogen-bond acceptors (Lipinski definition) is 1. The van der Waals surface area contributed by atoms with Crippen LogP contribution in [-0.4, -0.2) is 26.9 Å². The molecule has 72 valence electrons. The molecule has 0 saturated carbocycles. The lowest BCUT2D eigenvalue weighted by Crippen LogP contribution is -2.49. The second kappa shape index (κ2) is 4.82. The van der Waals surface area contributed by atoms with Gasteiger partial charge in [0.25, 0.3) is 0 Å². The molecule has 12 heavy (non-hydrogen) atoms. The summed E-state index contributed by atoms with van der Waals surface area (Å²) in [4.78, 5) is 0. The zero-order chi connectivity index (χ0) is 9.78. The number of hydrogen-bond donors (Lipinski definition) is 0. The van der Waals surface area contributed by atoms with Gasteiger partial charge in [0.1, 0.15) is 0 Å². The summed E-state index contributed by atoms with van der Waals surface area (Å²) in [6, 6.07) is 2.65. The zero-order valence-corrected chi connectivity index (χ0v) is 10.3. The van der Waals surface area contributed by atoms with Gasteiger partial charge in [0.15, 0.2) is 8.24 Å². The summed E-state index contributed by atoms with van der Waals surface area (Å²) in [6.45, 7) is 10.9. The molecular formula is C10H23NSi. The summed E-state index contributed by atoms with van der Waals surface area (Å²) in [6.07, 6.45) is 1.28. The molecule has 2 heteroatoms. The van der Waals surface area contributed by atoms with Crippen molar-refractivity contribution >= 4 is 8.24 Å². The molecular weight excluding hydrogens is 162 g/mol. The summed E-state index contributed by atoms with van der Waals surface area (Å²) in [7, 11) is 3.13. The molecule has 0 fully saturated rings. The molecule has 0 aromatic rings. The number of nitrogens with zero attached hydrogens (tertiary/aromatic N) is 1. The Morgan fingerprint density at radius 2 is 1.83 bits per heavy atom. The van der Waals surface area contributed by atoms with Crippen LogP contribution in [0.15, 0.2) is 11.8 Å². The van der Waals surface area contributed by atoms with Crippen LogP contribution in [0, 0.1) is 0 Å². The van der Waals surface area contributed by atoms with Crippen molar-refractivity contribution in [2.45, 2.75) is 39.3 Å². The monoisotopic (exact) mass is 185 g/mol. The van der Waals surface area contributed by atoms with Crippen LogP contribution >= 0.6 is 0 Å². The van der Waals surface area contributed by atoms with Crippen LogP contribution in [0.3, 0.4) is 0 Å². The fourth-order valence-corrected chi connectivity index (χ4v) is 6.08. The lowest BCUT2D eigenvalue weighted by Gasteiger charge is -2.37. The lowest BCUT2D eigenvalue weighted by atomic mass is 10.6. The van der Waals surface area contributed by atoms with Gasteiger partial charge in [-0.3, -0.25) is 0 Å². The SMILES string of the molecule is C=C(C)[Si](CC)(CCC)N(C)C. The Morgan fingerprint density at radius 1 is 1.33 bits per heavy atom. The average molecular weight is 185 g/mol. The van der Waals surface area contributed by atoms with E-state index in [2.05, 4.69) is 46.0 Å². The highest BCUT2D eigenvalue weighted by atomic mass is 28.3. The van der Waals surface area contributed by atoms with Crippen LogP contribution in [0.25, 0.3) is 0 Å². The molecule has 0 aliphatic heterocycles. The van der Waals surface area contributed by atoms with Gasteiger partial charge < -0.3 is 4.57 Å². The predicted molar refractivity (Wildman–Crippen MR) is 59.8 cm³/mol. The summed E-state index contributed by atoms with van der Waals surface area (Å²) in [5.41, 5.74) is 0. The van der Waals surface area contributed by atoms with Gasteiger partial charge in [-0.15, -0.1) is 6.58 Å². The molecule has 0 aliphatic rings. The van der Waals surface area contributed by atoms with E-state index in [1.54, 1.807) is 0 Å². The minimum Gasteiger partial charge on any atom is -0.326 e.